The fourth-order valence-corrected chi connectivity index (χ4v) is 1.77. The first-order chi connectivity index (χ1) is 11.1. The van der Waals surface area contributed by atoms with E-state index in [1.54, 1.807) is 12.1 Å². The Kier molecular flexibility index (Phi) is 16.4. The number of hydrogen-bond donors (Lipinski definition) is 1. The van der Waals surface area contributed by atoms with E-state index in [-0.39, 0.29) is 46.3 Å². The Balaban J connectivity index is -0.000000457. The molecule has 0 spiro atoms. The number of nitro groups is 1. The molecule has 11 heteroatoms. The number of likely N-dealkylation sites (N-methyl/N-ethyl adjacent to an activating group) is 1. The van der Waals surface area contributed by atoms with Crippen molar-refractivity contribution in [3.63, 3.8) is 0 Å². The van der Waals surface area contributed by atoms with Crippen molar-refractivity contribution in [1.29, 1.82) is 0 Å². The summed E-state index contributed by atoms with van der Waals surface area (Å²) >= 11 is 0. The van der Waals surface area contributed by atoms with E-state index >= 15 is 0 Å². The lowest BCUT2D eigenvalue weighted by molar-refractivity contribution is -0.903. The molecule has 1 rings (SSSR count). The molecule has 0 aliphatic rings. The van der Waals surface area contributed by atoms with Gasteiger partial charge in [0.1, 0.15) is 13.1 Å². The third-order valence-corrected chi connectivity index (χ3v) is 3.00. The van der Waals surface area contributed by atoms with Crippen LogP contribution in [0, 0.1) is 10.1 Å². The van der Waals surface area contributed by atoms with Gasteiger partial charge in [-0.3, -0.25) is 10.1 Å². The van der Waals surface area contributed by atoms with Crippen molar-refractivity contribution in [1.82, 2.24) is 0 Å². The number of carboxylic acids is 2. The van der Waals surface area contributed by atoms with Crippen molar-refractivity contribution in [3.8, 4) is 0 Å². The number of hydrogen-bond acceptors (Lipinski definition) is 7. The molecule has 1 aromatic carbocycles. The van der Waals surface area contributed by atoms with Gasteiger partial charge in [0.15, 0.2) is 0 Å². The topological polar surface area (TPSA) is 144 Å². The van der Waals surface area contributed by atoms with Gasteiger partial charge in [0.2, 0.25) is 0 Å². The molecule has 1 N–H and O–H groups in total. The summed E-state index contributed by atoms with van der Waals surface area (Å²) in [5.74, 6) is -2.73. The van der Waals surface area contributed by atoms with Crippen molar-refractivity contribution in [2.45, 2.75) is 19.4 Å². The maximum atomic E-state index is 10.5. The minimum atomic E-state index is -1.37. The van der Waals surface area contributed by atoms with Crippen LogP contribution in [-0.2, 0) is 16.1 Å². The lowest BCUT2D eigenvalue weighted by Crippen LogP contribution is -3.00. The van der Waals surface area contributed by atoms with Crippen LogP contribution in [0.5, 0.6) is 0 Å². The Bertz CT molecular complexity index is 552. The first-order valence-corrected chi connectivity index (χ1v) is 7.13. The van der Waals surface area contributed by atoms with Crippen molar-refractivity contribution in [3.05, 3.63) is 39.9 Å². The molecule has 0 aliphatic carbocycles. The Morgan fingerprint density at radius 3 is 1.77 bits per heavy atom. The standard InChI is InChI=1S/C11H17N2O3.C4H6O4.2BrH/c1-13(2,7-8-14)9-10-3-5-11(6-4-10)12(15)16;5-3(6)1-2-4(7)8;;/h3-6,14H,7-9H2,1-2H3;1-2H2,(H,5,6)(H,7,8);2*1H/q+1;;;/p-4. The second-order valence-corrected chi connectivity index (χ2v) is 5.71. The first-order valence-electron chi connectivity index (χ1n) is 7.13. The fourth-order valence-electron chi connectivity index (χ4n) is 1.77. The van der Waals surface area contributed by atoms with Crippen molar-refractivity contribution >= 4 is 17.6 Å². The van der Waals surface area contributed by atoms with E-state index in [2.05, 4.69) is 0 Å². The monoisotopic (exact) mass is 499 g/mol. The molecule has 0 radical (unpaired) electrons. The molecule has 0 aromatic heterocycles. The molecule has 0 bridgehead atoms. The van der Waals surface area contributed by atoms with Gasteiger partial charge in [-0.05, 0) is 25.0 Å². The van der Waals surface area contributed by atoms with Crippen molar-refractivity contribution in [2.75, 3.05) is 27.2 Å². The molecule has 0 saturated carbocycles. The predicted octanol–water partition coefficient (Wildman–Crippen LogP) is -7.56. The lowest BCUT2D eigenvalue weighted by Gasteiger charge is -2.28. The summed E-state index contributed by atoms with van der Waals surface area (Å²) < 4.78 is 0.661. The Labute approximate surface area is 172 Å². The van der Waals surface area contributed by atoms with E-state index in [0.717, 1.165) is 12.1 Å². The molecular formula is C15H21Br2N2O7-3. The van der Waals surface area contributed by atoms with Gasteiger partial charge in [0, 0.05) is 29.6 Å². The molecule has 1 aromatic rings. The first kappa shape index (κ1) is 29.2. The van der Waals surface area contributed by atoms with E-state index < -0.39 is 29.7 Å². The minimum absolute atomic E-state index is 0. The number of aliphatic carboxylic acids is 2. The number of nitro benzene ring substituents is 1. The third kappa shape index (κ3) is 14.8. The summed E-state index contributed by atoms with van der Waals surface area (Å²) in [5.41, 5.74) is 1.14. The molecule has 0 saturated heterocycles. The Hall–Kier alpha value is -1.56. The number of aliphatic hydroxyl groups excluding tert-OH is 1. The maximum absolute atomic E-state index is 10.5. The minimum Gasteiger partial charge on any atom is -1.00 e. The predicted molar refractivity (Wildman–Crippen MR) is 80.1 cm³/mol. The molecule has 0 amide bonds. The highest BCUT2D eigenvalue weighted by Crippen LogP contribution is 2.14. The van der Waals surface area contributed by atoms with Gasteiger partial charge < -0.3 is 63.4 Å². The Morgan fingerprint density at radius 1 is 1.04 bits per heavy atom. The SMILES string of the molecule is C[N+](C)(CCO)Cc1ccc([N+](=O)[O-])cc1.O=C([O-])CCC(=O)[O-].[Br-].[Br-]. The van der Waals surface area contributed by atoms with Crippen LogP contribution in [-0.4, -0.2) is 53.7 Å². The highest BCUT2D eigenvalue weighted by molar-refractivity contribution is 5.72. The van der Waals surface area contributed by atoms with E-state index in [0.29, 0.717) is 11.0 Å². The normalized spacial score (nSPS) is 9.65. The van der Waals surface area contributed by atoms with Crippen LogP contribution in [0.4, 0.5) is 5.69 Å². The molecule has 9 nitrogen and oxygen atoms in total. The number of rotatable bonds is 8. The van der Waals surface area contributed by atoms with Crippen LogP contribution in [0.15, 0.2) is 24.3 Å². The van der Waals surface area contributed by atoms with Gasteiger partial charge in [-0.15, -0.1) is 0 Å². The average molecular weight is 501 g/mol. The van der Waals surface area contributed by atoms with E-state index in [9.17, 15) is 29.9 Å². The van der Waals surface area contributed by atoms with Crippen LogP contribution in [0.2, 0.25) is 0 Å². The average Bonchev–Trinajstić information content (AvgIpc) is 2.45. The van der Waals surface area contributed by atoms with E-state index in [1.807, 2.05) is 14.1 Å². The summed E-state index contributed by atoms with van der Waals surface area (Å²) in [6.07, 6.45) is -0.940. The summed E-state index contributed by atoms with van der Waals surface area (Å²) in [4.78, 5) is 29.1. The van der Waals surface area contributed by atoms with Gasteiger partial charge in [0.05, 0.1) is 25.6 Å². The van der Waals surface area contributed by atoms with E-state index in [4.69, 9.17) is 5.11 Å². The maximum Gasteiger partial charge on any atom is 0.269 e. The number of halogens is 2. The number of non-ortho nitro benzene ring substituents is 1. The zero-order valence-corrected chi connectivity index (χ0v) is 17.6. The number of aliphatic hydroxyl groups is 1. The van der Waals surface area contributed by atoms with Gasteiger partial charge in [-0.25, -0.2) is 0 Å². The van der Waals surface area contributed by atoms with Gasteiger partial charge in [-0.2, -0.15) is 0 Å². The summed E-state index contributed by atoms with van der Waals surface area (Å²) in [6, 6.07) is 6.54. The highest BCUT2D eigenvalue weighted by atomic mass is 79.9. The van der Waals surface area contributed by atoms with Gasteiger partial charge >= 0.3 is 0 Å². The largest absolute Gasteiger partial charge is 1.00 e. The number of benzene rings is 1. The molecule has 150 valence electrons. The summed E-state index contributed by atoms with van der Waals surface area (Å²) in [5, 5.41) is 38.4. The molecule has 0 atom stereocenters. The van der Waals surface area contributed by atoms with Gasteiger partial charge in [0.25, 0.3) is 5.69 Å². The smallest absolute Gasteiger partial charge is 0.269 e. The van der Waals surface area contributed by atoms with E-state index in [1.165, 1.54) is 12.1 Å². The van der Waals surface area contributed by atoms with Crippen LogP contribution >= 0.6 is 0 Å². The molecule has 0 unspecified atom stereocenters. The number of carbonyl (C=O) groups excluding carboxylic acids is 2. The zero-order valence-electron chi connectivity index (χ0n) is 14.4. The second kappa shape index (κ2) is 14.6. The van der Waals surface area contributed by atoms with Crippen LogP contribution < -0.4 is 44.2 Å². The van der Waals surface area contributed by atoms with Crippen LogP contribution in [0.25, 0.3) is 0 Å². The lowest BCUT2D eigenvalue weighted by atomic mass is 10.2. The highest BCUT2D eigenvalue weighted by Gasteiger charge is 2.15. The number of carboxylic acid groups (broad SMARTS) is 2. The molecule has 0 aliphatic heterocycles. The quantitative estimate of drug-likeness (QED) is 0.212. The summed E-state index contributed by atoms with van der Waals surface area (Å²) in [7, 11) is 4.02. The number of quaternary nitrogens is 1. The number of carbonyl (C=O) groups is 2. The molecule has 26 heavy (non-hydrogen) atoms. The zero-order chi connectivity index (χ0) is 18.8. The second-order valence-electron chi connectivity index (χ2n) is 5.71. The van der Waals surface area contributed by atoms with Crippen LogP contribution in [0.3, 0.4) is 0 Å². The molecule has 0 fully saturated rings. The third-order valence-electron chi connectivity index (χ3n) is 3.00. The Morgan fingerprint density at radius 2 is 1.46 bits per heavy atom. The fraction of sp³-hybridized carbons (Fsp3) is 0.467. The summed E-state index contributed by atoms with van der Waals surface area (Å²) in [6.45, 7) is 1.55. The van der Waals surface area contributed by atoms with Crippen molar-refractivity contribution < 1.29 is 68.3 Å². The van der Waals surface area contributed by atoms with Gasteiger partial charge in [-0.1, -0.05) is 0 Å². The molecular weight excluding hydrogens is 480 g/mol. The number of nitrogens with zero attached hydrogens (tertiary/aromatic N) is 2. The van der Waals surface area contributed by atoms with Crippen molar-refractivity contribution in [2.24, 2.45) is 0 Å². The van der Waals surface area contributed by atoms with Crippen LogP contribution in [0.1, 0.15) is 18.4 Å². The molecule has 0 heterocycles.